The van der Waals surface area contributed by atoms with Gasteiger partial charge in [-0.3, -0.25) is 10.1 Å². The Labute approximate surface area is 101 Å². The van der Waals surface area contributed by atoms with E-state index in [1.165, 1.54) is 0 Å². The van der Waals surface area contributed by atoms with Crippen molar-refractivity contribution in [1.82, 2.24) is 0 Å². The molecule has 0 aliphatic carbocycles. The summed E-state index contributed by atoms with van der Waals surface area (Å²) in [5.41, 5.74) is -7.32. The van der Waals surface area contributed by atoms with Gasteiger partial charge in [0.25, 0.3) is 11.3 Å². The number of nitro benzene ring substituents is 1. The average molecular weight is 289 g/mol. The smallest absolute Gasteiger partial charge is 0.369 e. The molecule has 0 bridgehead atoms. The minimum atomic E-state index is -6.01. The number of nitrogens with zero attached hydrogens (tertiary/aromatic N) is 1. The highest BCUT2D eigenvalue weighted by molar-refractivity contribution is 5.37. The molecule has 0 radical (unpaired) electrons. The van der Waals surface area contributed by atoms with E-state index in [0.717, 1.165) is 0 Å². The highest BCUT2D eigenvalue weighted by atomic mass is 19.4. The number of alkyl halides is 6. The molecule has 106 valence electrons. The first-order valence-corrected chi connectivity index (χ1v) is 4.52. The fourth-order valence-electron chi connectivity index (χ4n) is 1.31. The van der Waals surface area contributed by atoms with Gasteiger partial charge >= 0.3 is 12.4 Å². The van der Waals surface area contributed by atoms with Crippen LogP contribution in [0.2, 0.25) is 0 Å². The zero-order chi connectivity index (χ0) is 15.1. The zero-order valence-electron chi connectivity index (χ0n) is 8.79. The van der Waals surface area contributed by atoms with Gasteiger partial charge in [-0.2, -0.15) is 26.3 Å². The molecule has 0 atom stereocenters. The molecular weight excluding hydrogens is 284 g/mol. The molecule has 0 heterocycles. The first-order chi connectivity index (χ1) is 8.41. The van der Waals surface area contributed by atoms with E-state index in [2.05, 4.69) is 0 Å². The summed E-state index contributed by atoms with van der Waals surface area (Å²) < 4.78 is 74.6. The van der Waals surface area contributed by atoms with Gasteiger partial charge in [0.15, 0.2) is 0 Å². The minimum Gasteiger partial charge on any atom is -0.369 e. The lowest BCUT2D eigenvalue weighted by molar-refractivity contribution is -0.385. The summed E-state index contributed by atoms with van der Waals surface area (Å²) in [6.07, 6.45) is -12.0. The van der Waals surface area contributed by atoms with E-state index < -0.39 is 34.1 Å². The second-order valence-corrected chi connectivity index (χ2v) is 3.51. The van der Waals surface area contributed by atoms with Crippen LogP contribution in [0.15, 0.2) is 24.3 Å². The molecule has 1 rings (SSSR count). The zero-order valence-corrected chi connectivity index (χ0v) is 8.79. The predicted octanol–water partition coefficient (Wildman–Crippen LogP) is 2.91. The van der Waals surface area contributed by atoms with E-state index in [1.807, 2.05) is 0 Å². The monoisotopic (exact) mass is 289 g/mol. The van der Waals surface area contributed by atoms with Crippen LogP contribution in [0.3, 0.4) is 0 Å². The van der Waals surface area contributed by atoms with Crippen molar-refractivity contribution in [2.75, 3.05) is 0 Å². The molecule has 0 aromatic heterocycles. The average Bonchev–Trinajstić information content (AvgIpc) is 2.25. The Morgan fingerprint density at radius 1 is 0.947 bits per heavy atom. The van der Waals surface area contributed by atoms with Crippen molar-refractivity contribution in [3.8, 4) is 0 Å². The third kappa shape index (κ3) is 2.48. The maximum Gasteiger partial charge on any atom is 0.430 e. The highest BCUT2D eigenvalue weighted by Gasteiger charge is 2.71. The van der Waals surface area contributed by atoms with Gasteiger partial charge in [0.2, 0.25) is 0 Å². The standard InChI is InChI=1S/C9H5F6NO3/c10-8(11,12)7(17,9(13,14)15)5-1-3-6(4-2-5)16(18)19/h1-4,17H. The first kappa shape index (κ1) is 15.2. The summed E-state index contributed by atoms with van der Waals surface area (Å²) in [5.74, 6) is 0. The van der Waals surface area contributed by atoms with Gasteiger partial charge in [-0.15, -0.1) is 0 Å². The van der Waals surface area contributed by atoms with Crippen LogP contribution in [0, 0.1) is 10.1 Å². The normalized spacial score (nSPS) is 13.4. The van der Waals surface area contributed by atoms with Crippen molar-refractivity contribution in [2.45, 2.75) is 18.0 Å². The number of nitro groups is 1. The third-order valence-electron chi connectivity index (χ3n) is 2.32. The maximum absolute atomic E-state index is 12.4. The Hall–Kier alpha value is -1.84. The summed E-state index contributed by atoms with van der Waals surface area (Å²) in [6.45, 7) is 0. The lowest BCUT2D eigenvalue weighted by Crippen LogP contribution is -2.53. The summed E-state index contributed by atoms with van der Waals surface area (Å²) in [7, 11) is 0. The number of hydrogen-bond acceptors (Lipinski definition) is 3. The van der Waals surface area contributed by atoms with Gasteiger partial charge in [0.1, 0.15) is 0 Å². The van der Waals surface area contributed by atoms with Gasteiger partial charge in [0.05, 0.1) is 4.92 Å². The molecule has 0 spiro atoms. The topological polar surface area (TPSA) is 63.4 Å². The van der Waals surface area contributed by atoms with E-state index in [1.54, 1.807) is 0 Å². The lowest BCUT2D eigenvalue weighted by Gasteiger charge is -2.32. The van der Waals surface area contributed by atoms with Crippen molar-refractivity contribution in [1.29, 1.82) is 0 Å². The second kappa shape index (κ2) is 4.37. The molecule has 0 saturated heterocycles. The SMILES string of the molecule is O=[N+]([O-])c1ccc(C(O)(C(F)(F)F)C(F)(F)F)cc1. The molecule has 0 aliphatic heterocycles. The maximum atomic E-state index is 12.4. The van der Waals surface area contributed by atoms with E-state index in [0.29, 0.717) is 12.1 Å². The Morgan fingerprint density at radius 2 is 1.32 bits per heavy atom. The largest absolute Gasteiger partial charge is 0.430 e. The lowest BCUT2D eigenvalue weighted by atomic mass is 9.92. The molecule has 0 aliphatic rings. The van der Waals surface area contributed by atoms with E-state index in [9.17, 15) is 36.5 Å². The highest BCUT2D eigenvalue weighted by Crippen LogP contribution is 2.50. The van der Waals surface area contributed by atoms with E-state index >= 15 is 0 Å². The van der Waals surface area contributed by atoms with Crippen molar-refractivity contribution >= 4 is 5.69 Å². The van der Waals surface area contributed by atoms with Gasteiger partial charge in [-0.1, -0.05) is 0 Å². The van der Waals surface area contributed by atoms with Crippen molar-refractivity contribution in [3.63, 3.8) is 0 Å². The molecule has 0 unspecified atom stereocenters. The molecule has 1 aromatic rings. The fraction of sp³-hybridized carbons (Fsp3) is 0.333. The van der Waals surface area contributed by atoms with Crippen LogP contribution in [0.1, 0.15) is 5.56 Å². The Bertz CT molecular complexity index is 464. The molecule has 0 amide bonds. The predicted molar refractivity (Wildman–Crippen MR) is 49.1 cm³/mol. The van der Waals surface area contributed by atoms with Crippen LogP contribution < -0.4 is 0 Å². The van der Waals surface area contributed by atoms with Gasteiger partial charge in [0, 0.05) is 17.7 Å². The Kier molecular flexibility index (Phi) is 3.50. The number of rotatable bonds is 2. The van der Waals surface area contributed by atoms with Crippen molar-refractivity contribution in [2.24, 2.45) is 0 Å². The molecule has 0 saturated carbocycles. The third-order valence-corrected chi connectivity index (χ3v) is 2.32. The van der Waals surface area contributed by atoms with E-state index in [-0.39, 0.29) is 12.1 Å². The minimum absolute atomic E-state index is 0.207. The Balaban J connectivity index is 3.40. The molecule has 10 heteroatoms. The molecule has 0 fully saturated rings. The molecule has 4 nitrogen and oxygen atoms in total. The summed E-state index contributed by atoms with van der Waals surface area (Å²) in [4.78, 5) is 9.26. The number of benzene rings is 1. The van der Waals surface area contributed by atoms with Crippen LogP contribution in [0.25, 0.3) is 0 Å². The Morgan fingerprint density at radius 3 is 1.58 bits per heavy atom. The number of halogens is 6. The number of aliphatic hydroxyl groups is 1. The molecule has 1 aromatic carbocycles. The van der Waals surface area contributed by atoms with Crippen LogP contribution >= 0.6 is 0 Å². The summed E-state index contributed by atoms with van der Waals surface area (Å²) in [5, 5.41) is 19.2. The van der Waals surface area contributed by atoms with E-state index in [4.69, 9.17) is 5.11 Å². The quantitative estimate of drug-likeness (QED) is 0.517. The number of hydrogen-bond donors (Lipinski definition) is 1. The molecule has 19 heavy (non-hydrogen) atoms. The van der Waals surface area contributed by atoms with Crippen LogP contribution in [-0.4, -0.2) is 22.4 Å². The van der Waals surface area contributed by atoms with Crippen LogP contribution in [0.4, 0.5) is 32.0 Å². The second-order valence-electron chi connectivity index (χ2n) is 3.51. The van der Waals surface area contributed by atoms with Gasteiger partial charge < -0.3 is 5.11 Å². The van der Waals surface area contributed by atoms with Crippen LogP contribution in [0.5, 0.6) is 0 Å². The summed E-state index contributed by atoms with van der Waals surface area (Å²) >= 11 is 0. The van der Waals surface area contributed by atoms with Crippen LogP contribution in [-0.2, 0) is 5.60 Å². The first-order valence-electron chi connectivity index (χ1n) is 4.52. The number of non-ortho nitro benzene ring substituents is 1. The molecular formula is C9H5F6NO3. The molecule has 1 N–H and O–H groups in total. The summed E-state index contributed by atoms with van der Waals surface area (Å²) in [6, 6.07) is 1.30. The van der Waals surface area contributed by atoms with Gasteiger partial charge in [-0.05, 0) is 12.1 Å². The fourth-order valence-corrected chi connectivity index (χ4v) is 1.31. The van der Waals surface area contributed by atoms with Crippen molar-refractivity contribution in [3.05, 3.63) is 39.9 Å². The van der Waals surface area contributed by atoms with Crippen molar-refractivity contribution < 1.29 is 36.4 Å². The van der Waals surface area contributed by atoms with Gasteiger partial charge in [-0.25, -0.2) is 0 Å².